The fourth-order valence-electron chi connectivity index (χ4n) is 2.91. The molecule has 0 saturated heterocycles. The van der Waals surface area contributed by atoms with Crippen molar-refractivity contribution in [3.63, 3.8) is 0 Å². The number of hydrogen-bond acceptors (Lipinski definition) is 2. The summed E-state index contributed by atoms with van der Waals surface area (Å²) < 4.78 is 6.27. The van der Waals surface area contributed by atoms with E-state index in [-0.39, 0.29) is 17.6 Å². The zero-order valence-corrected chi connectivity index (χ0v) is 13.9. The molecule has 3 heteroatoms. The largest absolute Gasteiger partial charge is 0.489 e. The molecule has 2 N–H and O–H groups in total. The van der Waals surface area contributed by atoms with Crippen molar-refractivity contribution in [2.24, 2.45) is 11.1 Å². The molecule has 1 aromatic carbocycles. The van der Waals surface area contributed by atoms with Crippen molar-refractivity contribution in [1.82, 2.24) is 0 Å². The summed E-state index contributed by atoms with van der Waals surface area (Å²) in [6, 6.07) is 4.35. The van der Waals surface area contributed by atoms with Gasteiger partial charge in [0.25, 0.3) is 0 Å². The lowest BCUT2D eigenvalue weighted by Gasteiger charge is -2.51. The molecule has 3 atom stereocenters. The molecule has 2 nitrogen and oxygen atoms in total. The molecule has 1 aliphatic rings. The lowest BCUT2D eigenvalue weighted by molar-refractivity contribution is -0.0563. The molecule has 1 saturated carbocycles. The van der Waals surface area contributed by atoms with Gasteiger partial charge in [-0.2, -0.15) is 0 Å². The molecule has 0 bridgehead atoms. The van der Waals surface area contributed by atoms with Gasteiger partial charge in [0.2, 0.25) is 0 Å². The number of nitrogens with two attached hydrogens (primary N) is 1. The van der Waals surface area contributed by atoms with Crippen LogP contribution in [0.5, 0.6) is 5.75 Å². The Morgan fingerprint density at radius 2 is 2.10 bits per heavy atom. The van der Waals surface area contributed by atoms with Gasteiger partial charge in [0.15, 0.2) is 0 Å². The van der Waals surface area contributed by atoms with Gasteiger partial charge >= 0.3 is 0 Å². The van der Waals surface area contributed by atoms with Crippen LogP contribution in [0.2, 0.25) is 5.02 Å². The first kappa shape index (κ1) is 15.7. The smallest absolute Gasteiger partial charge is 0.123 e. The zero-order chi connectivity index (χ0) is 15.1. The SMILES string of the molecule is CCC1(C)C(N)CC1Oc1cc(C(C)C)c(Cl)cc1C. The van der Waals surface area contributed by atoms with Crippen LogP contribution in [0.25, 0.3) is 0 Å². The van der Waals surface area contributed by atoms with Crippen molar-refractivity contribution in [2.45, 2.75) is 65.5 Å². The van der Waals surface area contributed by atoms with Crippen LogP contribution in [0.15, 0.2) is 12.1 Å². The van der Waals surface area contributed by atoms with Gasteiger partial charge in [-0.3, -0.25) is 0 Å². The van der Waals surface area contributed by atoms with Crippen molar-refractivity contribution in [1.29, 1.82) is 0 Å². The van der Waals surface area contributed by atoms with E-state index in [0.717, 1.165) is 34.7 Å². The maximum absolute atomic E-state index is 6.31. The Morgan fingerprint density at radius 1 is 1.45 bits per heavy atom. The van der Waals surface area contributed by atoms with Crippen molar-refractivity contribution in [3.8, 4) is 5.75 Å². The van der Waals surface area contributed by atoms with Crippen LogP contribution in [-0.2, 0) is 0 Å². The number of ether oxygens (including phenoxy) is 1. The quantitative estimate of drug-likeness (QED) is 0.876. The van der Waals surface area contributed by atoms with Crippen LogP contribution in [0.3, 0.4) is 0 Å². The van der Waals surface area contributed by atoms with E-state index in [1.807, 2.05) is 13.0 Å². The fraction of sp³-hybridized carbons (Fsp3) is 0.647. The summed E-state index contributed by atoms with van der Waals surface area (Å²) >= 11 is 6.31. The van der Waals surface area contributed by atoms with Crippen molar-refractivity contribution >= 4 is 11.6 Å². The zero-order valence-electron chi connectivity index (χ0n) is 13.2. The summed E-state index contributed by atoms with van der Waals surface area (Å²) in [6.45, 7) is 10.8. The van der Waals surface area contributed by atoms with Gasteiger partial charge in [-0.15, -0.1) is 0 Å². The number of aryl methyl sites for hydroxylation is 1. The first-order chi connectivity index (χ1) is 9.29. The molecule has 2 rings (SSSR count). The van der Waals surface area contributed by atoms with E-state index in [4.69, 9.17) is 22.1 Å². The highest BCUT2D eigenvalue weighted by Crippen LogP contribution is 2.45. The average molecular weight is 296 g/mol. The Kier molecular flexibility index (Phi) is 4.36. The first-order valence-electron chi connectivity index (χ1n) is 7.51. The van der Waals surface area contributed by atoms with Gasteiger partial charge in [-0.1, -0.05) is 39.3 Å². The molecule has 0 amide bonds. The third-order valence-corrected chi connectivity index (χ3v) is 5.33. The highest BCUT2D eigenvalue weighted by atomic mass is 35.5. The number of rotatable bonds is 4. The van der Waals surface area contributed by atoms with E-state index in [2.05, 4.69) is 33.8 Å². The van der Waals surface area contributed by atoms with E-state index in [9.17, 15) is 0 Å². The molecule has 0 aliphatic heterocycles. The van der Waals surface area contributed by atoms with Gasteiger partial charge in [0.05, 0.1) is 0 Å². The van der Waals surface area contributed by atoms with Crippen LogP contribution in [0.4, 0.5) is 0 Å². The summed E-state index contributed by atoms with van der Waals surface area (Å²) in [6.07, 6.45) is 2.19. The van der Waals surface area contributed by atoms with Crippen LogP contribution in [0, 0.1) is 12.3 Å². The molecule has 1 aliphatic carbocycles. The number of hydrogen-bond donors (Lipinski definition) is 1. The lowest BCUT2D eigenvalue weighted by Crippen LogP contribution is -2.61. The molecule has 0 spiro atoms. The fourth-order valence-corrected chi connectivity index (χ4v) is 3.35. The molecular weight excluding hydrogens is 270 g/mol. The Bertz CT molecular complexity index is 500. The average Bonchev–Trinajstić information content (AvgIpc) is 2.39. The van der Waals surface area contributed by atoms with Crippen molar-refractivity contribution < 1.29 is 4.74 Å². The molecule has 1 fully saturated rings. The van der Waals surface area contributed by atoms with Crippen LogP contribution >= 0.6 is 11.6 Å². The highest BCUT2D eigenvalue weighted by Gasteiger charge is 2.50. The van der Waals surface area contributed by atoms with Gasteiger partial charge in [0.1, 0.15) is 11.9 Å². The number of halogens is 1. The third kappa shape index (κ3) is 2.56. The third-order valence-electron chi connectivity index (χ3n) is 5.00. The van der Waals surface area contributed by atoms with Crippen molar-refractivity contribution in [2.75, 3.05) is 0 Å². The van der Waals surface area contributed by atoms with Gasteiger partial charge in [0, 0.05) is 22.9 Å². The number of benzene rings is 1. The predicted molar refractivity (Wildman–Crippen MR) is 85.7 cm³/mol. The monoisotopic (exact) mass is 295 g/mol. The Labute approximate surface area is 127 Å². The van der Waals surface area contributed by atoms with E-state index in [0.29, 0.717) is 5.92 Å². The maximum Gasteiger partial charge on any atom is 0.123 e. The Balaban J connectivity index is 2.24. The first-order valence-corrected chi connectivity index (χ1v) is 7.89. The van der Waals surface area contributed by atoms with Crippen LogP contribution in [0.1, 0.15) is 57.6 Å². The second-order valence-electron chi connectivity index (χ2n) is 6.60. The molecular formula is C17H26ClNO. The van der Waals surface area contributed by atoms with Gasteiger partial charge in [-0.05, 0) is 42.5 Å². The Morgan fingerprint density at radius 3 is 2.60 bits per heavy atom. The Hall–Kier alpha value is -0.730. The predicted octanol–water partition coefficient (Wildman–Crippen LogP) is 4.67. The lowest BCUT2D eigenvalue weighted by atomic mass is 9.62. The van der Waals surface area contributed by atoms with E-state index in [1.165, 1.54) is 0 Å². The minimum absolute atomic E-state index is 0.0874. The topological polar surface area (TPSA) is 35.2 Å². The van der Waals surface area contributed by atoms with Crippen LogP contribution in [-0.4, -0.2) is 12.1 Å². The van der Waals surface area contributed by atoms with Gasteiger partial charge < -0.3 is 10.5 Å². The van der Waals surface area contributed by atoms with E-state index in [1.54, 1.807) is 0 Å². The second kappa shape index (κ2) is 5.57. The van der Waals surface area contributed by atoms with E-state index < -0.39 is 0 Å². The van der Waals surface area contributed by atoms with Crippen molar-refractivity contribution in [3.05, 3.63) is 28.3 Å². The molecule has 0 heterocycles. The molecule has 0 radical (unpaired) electrons. The molecule has 1 aromatic rings. The summed E-state index contributed by atoms with van der Waals surface area (Å²) in [5.74, 6) is 1.35. The minimum atomic E-state index is 0.0874. The summed E-state index contributed by atoms with van der Waals surface area (Å²) in [5, 5.41) is 0.827. The summed E-state index contributed by atoms with van der Waals surface area (Å²) in [5.41, 5.74) is 8.48. The van der Waals surface area contributed by atoms with E-state index >= 15 is 0 Å². The maximum atomic E-state index is 6.31. The molecule has 0 aromatic heterocycles. The second-order valence-corrected chi connectivity index (χ2v) is 7.01. The minimum Gasteiger partial charge on any atom is -0.489 e. The van der Waals surface area contributed by atoms with Crippen LogP contribution < -0.4 is 10.5 Å². The molecule has 112 valence electrons. The van der Waals surface area contributed by atoms with Gasteiger partial charge in [-0.25, -0.2) is 0 Å². The molecule has 20 heavy (non-hydrogen) atoms. The standard InChI is InChI=1S/C17H26ClNO/c1-6-17(5)15(19)9-16(17)20-14-8-12(10(2)3)13(18)7-11(14)4/h7-8,10,15-16H,6,9,19H2,1-5H3. The highest BCUT2D eigenvalue weighted by molar-refractivity contribution is 6.31. The molecule has 3 unspecified atom stereocenters. The summed E-state index contributed by atoms with van der Waals surface area (Å²) in [7, 11) is 0. The normalized spacial score (nSPS) is 29.4. The summed E-state index contributed by atoms with van der Waals surface area (Å²) in [4.78, 5) is 0.